The highest BCUT2D eigenvalue weighted by Crippen LogP contribution is 2.10. The molecule has 1 rings (SSSR count). The lowest BCUT2D eigenvalue weighted by Gasteiger charge is -1.94. The molecule has 68 valence electrons. The van der Waals surface area contributed by atoms with Gasteiger partial charge in [-0.3, -0.25) is 0 Å². The number of methoxy groups -OCH3 is 1. The summed E-state index contributed by atoms with van der Waals surface area (Å²) in [4.78, 5) is 0. The Bertz CT molecular complexity index is 220. The molecule has 0 spiro atoms. The number of rotatable bonds is 5. The molecule has 0 atom stereocenters. The highest BCUT2D eigenvalue weighted by molar-refractivity contribution is 5.06. The number of ether oxygens (including phenoxy) is 1. The van der Waals surface area contributed by atoms with Crippen LogP contribution in [-0.2, 0) is 17.8 Å². The van der Waals surface area contributed by atoms with Gasteiger partial charge in [0.05, 0.1) is 0 Å². The van der Waals surface area contributed by atoms with Gasteiger partial charge in [0.15, 0.2) is 0 Å². The molecule has 0 amide bonds. The van der Waals surface area contributed by atoms with E-state index in [9.17, 15) is 0 Å². The van der Waals surface area contributed by atoms with E-state index in [0.29, 0.717) is 13.2 Å². The van der Waals surface area contributed by atoms with E-state index in [1.54, 1.807) is 7.11 Å². The minimum Gasteiger partial charge on any atom is -0.464 e. The van der Waals surface area contributed by atoms with Gasteiger partial charge in [0.2, 0.25) is 0 Å². The average Bonchev–Trinajstić information content (AvgIpc) is 2.50. The summed E-state index contributed by atoms with van der Waals surface area (Å²) in [5.41, 5.74) is 5.38. The first-order chi connectivity index (χ1) is 5.86. The molecular formula is C9H15NO2. The van der Waals surface area contributed by atoms with Crippen LogP contribution in [0.25, 0.3) is 0 Å². The standard InChI is InChI=1S/C9H15NO2/c1-11-7-9-5-4-8(12-9)3-2-6-10/h4-5H,2-3,6-7,10H2,1H3. The molecule has 1 aromatic rings. The van der Waals surface area contributed by atoms with Gasteiger partial charge in [-0.2, -0.15) is 0 Å². The van der Waals surface area contributed by atoms with Gasteiger partial charge < -0.3 is 14.9 Å². The maximum atomic E-state index is 5.45. The largest absolute Gasteiger partial charge is 0.464 e. The van der Waals surface area contributed by atoms with Crippen molar-refractivity contribution in [3.63, 3.8) is 0 Å². The zero-order valence-electron chi connectivity index (χ0n) is 7.38. The van der Waals surface area contributed by atoms with Crippen LogP contribution in [0.5, 0.6) is 0 Å². The molecule has 12 heavy (non-hydrogen) atoms. The second kappa shape index (κ2) is 4.95. The predicted molar refractivity (Wildman–Crippen MR) is 46.8 cm³/mol. The van der Waals surface area contributed by atoms with Crippen molar-refractivity contribution >= 4 is 0 Å². The van der Waals surface area contributed by atoms with Crippen LogP contribution in [0.2, 0.25) is 0 Å². The fourth-order valence-electron chi connectivity index (χ4n) is 1.05. The van der Waals surface area contributed by atoms with Crippen LogP contribution in [0.1, 0.15) is 17.9 Å². The first-order valence-electron chi connectivity index (χ1n) is 4.13. The molecule has 0 aliphatic heterocycles. The zero-order valence-corrected chi connectivity index (χ0v) is 7.38. The van der Waals surface area contributed by atoms with Gasteiger partial charge in [-0.1, -0.05) is 0 Å². The molecule has 0 radical (unpaired) electrons. The molecule has 0 aromatic carbocycles. The first kappa shape index (κ1) is 9.29. The van der Waals surface area contributed by atoms with Gasteiger partial charge in [-0.05, 0) is 25.1 Å². The van der Waals surface area contributed by atoms with Crippen molar-refractivity contribution in [2.45, 2.75) is 19.4 Å². The van der Waals surface area contributed by atoms with Crippen molar-refractivity contribution in [2.24, 2.45) is 5.73 Å². The molecule has 3 heteroatoms. The summed E-state index contributed by atoms with van der Waals surface area (Å²) < 4.78 is 10.4. The summed E-state index contributed by atoms with van der Waals surface area (Å²) in [7, 11) is 1.65. The molecular weight excluding hydrogens is 154 g/mol. The van der Waals surface area contributed by atoms with E-state index >= 15 is 0 Å². The fraction of sp³-hybridized carbons (Fsp3) is 0.556. The molecule has 0 fully saturated rings. The summed E-state index contributed by atoms with van der Waals surface area (Å²) in [6.07, 6.45) is 1.89. The molecule has 2 N–H and O–H groups in total. The van der Waals surface area contributed by atoms with E-state index in [1.807, 2.05) is 12.1 Å². The van der Waals surface area contributed by atoms with E-state index in [4.69, 9.17) is 14.9 Å². The molecule has 0 saturated heterocycles. The summed E-state index contributed by atoms with van der Waals surface area (Å²) in [5.74, 6) is 1.87. The Labute approximate surface area is 72.5 Å². The SMILES string of the molecule is COCc1ccc(CCCN)o1. The number of aryl methyl sites for hydroxylation is 1. The topological polar surface area (TPSA) is 48.4 Å². The third kappa shape index (κ3) is 2.68. The normalized spacial score (nSPS) is 10.5. The second-order valence-corrected chi connectivity index (χ2v) is 2.69. The zero-order chi connectivity index (χ0) is 8.81. The minimum atomic E-state index is 0.544. The summed E-state index contributed by atoms with van der Waals surface area (Å²) in [6.45, 7) is 1.25. The van der Waals surface area contributed by atoms with Gasteiger partial charge in [0.25, 0.3) is 0 Å². The van der Waals surface area contributed by atoms with E-state index in [1.165, 1.54) is 0 Å². The van der Waals surface area contributed by atoms with E-state index < -0.39 is 0 Å². The number of nitrogens with two attached hydrogens (primary N) is 1. The molecule has 0 bridgehead atoms. The third-order valence-electron chi connectivity index (χ3n) is 1.63. The van der Waals surface area contributed by atoms with Crippen LogP contribution in [0.3, 0.4) is 0 Å². The first-order valence-corrected chi connectivity index (χ1v) is 4.13. The number of hydrogen-bond acceptors (Lipinski definition) is 3. The van der Waals surface area contributed by atoms with Crippen LogP contribution in [0, 0.1) is 0 Å². The van der Waals surface area contributed by atoms with Gasteiger partial charge in [-0.15, -0.1) is 0 Å². The van der Waals surface area contributed by atoms with Crippen molar-refractivity contribution in [3.05, 3.63) is 23.7 Å². The van der Waals surface area contributed by atoms with E-state index in [2.05, 4.69) is 0 Å². The van der Waals surface area contributed by atoms with Gasteiger partial charge in [-0.25, -0.2) is 0 Å². The summed E-state index contributed by atoms with van der Waals surface area (Å²) >= 11 is 0. The number of furan rings is 1. The highest BCUT2D eigenvalue weighted by Gasteiger charge is 2.00. The fourth-order valence-corrected chi connectivity index (χ4v) is 1.05. The summed E-state index contributed by atoms with van der Waals surface area (Å²) in [6, 6.07) is 3.92. The Morgan fingerprint density at radius 2 is 2.17 bits per heavy atom. The molecule has 3 nitrogen and oxygen atoms in total. The Morgan fingerprint density at radius 3 is 2.83 bits per heavy atom. The van der Waals surface area contributed by atoms with Crippen LogP contribution in [-0.4, -0.2) is 13.7 Å². The van der Waals surface area contributed by atoms with Crippen molar-refractivity contribution in [2.75, 3.05) is 13.7 Å². The van der Waals surface area contributed by atoms with Gasteiger partial charge in [0, 0.05) is 13.5 Å². The Balaban J connectivity index is 2.41. The summed E-state index contributed by atoms with van der Waals surface area (Å²) in [5, 5.41) is 0. The molecule has 0 unspecified atom stereocenters. The maximum absolute atomic E-state index is 5.45. The second-order valence-electron chi connectivity index (χ2n) is 2.69. The lowest BCUT2D eigenvalue weighted by atomic mass is 10.2. The van der Waals surface area contributed by atoms with Crippen LogP contribution < -0.4 is 5.73 Å². The molecule has 0 aliphatic rings. The van der Waals surface area contributed by atoms with Gasteiger partial charge in [0.1, 0.15) is 18.1 Å². The third-order valence-corrected chi connectivity index (χ3v) is 1.63. The number of hydrogen-bond donors (Lipinski definition) is 1. The Kier molecular flexibility index (Phi) is 3.84. The smallest absolute Gasteiger partial charge is 0.129 e. The molecule has 1 aromatic heterocycles. The van der Waals surface area contributed by atoms with Crippen molar-refractivity contribution in [1.82, 2.24) is 0 Å². The predicted octanol–water partition coefficient (Wildman–Crippen LogP) is 1.32. The quantitative estimate of drug-likeness (QED) is 0.723. The maximum Gasteiger partial charge on any atom is 0.129 e. The minimum absolute atomic E-state index is 0.544. The Hall–Kier alpha value is -0.800. The Morgan fingerprint density at radius 1 is 1.42 bits per heavy atom. The lowest BCUT2D eigenvalue weighted by Crippen LogP contribution is -1.99. The van der Waals surface area contributed by atoms with Gasteiger partial charge >= 0.3 is 0 Å². The van der Waals surface area contributed by atoms with E-state index in [0.717, 1.165) is 24.4 Å². The van der Waals surface area contributed by atoms with E-state index in [-0.39, 0.29) is 0 Å². The van der Waals surface area contributed by atoms with Crippen LogP contribution in [0.15, 0.2) is 16.5 Å². The monoisotopic (exact) mass is 169 g/mol. The molecule has 1 heterocycles. The van der Waals surface area contributed by atoms with Crippen molar-refractivity contribution in [1.29, 1.82) is 0 Å². The molecule has 0 saturated carbocycles. The molecule has 0 aliphatic carbocycles. The average molecular weight is 169 g/mol. The van der Waals surface area contributed by atoms with Crippen molar-refractivity contribution < 1.29 is 9.15 Å². The van der Waals surface area contributed by atoms with Crippen LogP contribution in [0.4, 0.5) is 0 Å². The lowest BCUT2D eigenvalue weighted by molar-refractivity contribution is 0.162. The van der Waals surface area contributed by atoms with Crippen LogP contribution >= 0.6 is 0 Å². The van der Waals surface area contributed by atoms with Crippen molar-refractivity contribution in [3.8, 4) is 0 Å². The highest BCUT2D eigenvalue weighted by atomic mass is 16.5.